The molecule has 2 aliphatic heterocycles. The maximum Gasteiger partial charge on any atom is 0.272 e. The highest BCUT2D eigenvalue weighted by Crippen LogP contribution is 2.30. The van der Waals surface area contributed by atoms with E-state index in [0.717, 1.165) is 56.4 Å². The fourth-order valence-electron chi connectivity index (χ4n) is 4.14. The summed E-state index contributed by atoms with van der Waals surface area (Å²) in [6, 6.07) is 1.78. The minimum atomic E-state index is 0.0622. The topological polar surface area (TPSA) is 67.2 Å². The minimum absolute atomic E-state index is 0.0622. The monoisotopic (exact) mass is 368 g/mol. The first-order valence-corrected chi connectivity index (χ1v) is 9.92. The molecule has 0 unspecified atom stereocenters. The second-order valence-electron chi connectivity index (χ2n) is 7.72. The van der Waals surface area contributed by atoms with Gasteiger partial charge in [-0.15, -0.1) is 0 Å². The molecule has 0 aromatic carbocycles. The second kappa shape index (κ2) is 7.29. The molecule has 0 saturated carbocycles. The number of aromatic nitrogens is 4. The number of piperidine rings is 1. The Bertz CT molecular complexity index is 831. The number of anilines is 1. The van der Waals surface area contributed by atoms with E-state index in [1.807, 2.05) is 11.9 Å². The molecule has 0 bridgehead atoms. The van der Waals surface area contributed by atoms with E-state index in [2.05, 4.69) is 23.8 Å². The van der Waals surface area contributed by atoms with Gasteiger partial charge in [-0.05, 0) is 45.6 Å². The Morgan fingerprint density at radius 2 is 1.78 bits per heavy atom. The number of nitrogens with zero attached hydrogens (tertiary/aromatic N) is 6. The maximum absolute atomic E-state index is 12.7. The molecule has 0 radical (unpaired) electrons. The van der Waals surface area contributed by atoms with Crippen LogP contribution in [0.5, 0.6) is 0 Å². The molecule has 2 fully saturated rings. The molecule has 0 aliphatic carbocycles. The summed E-state index contributed by atoms with van der Waals surface area (Å²) < 4.78 is 1.64. The van der Waals surface area contributed by atoms with Crippen LogP contribution in [-0.2, 0) is 7.05 Å². The minimum Gasteiger partial charge on any atom is -0.356 e. The molecular formula is C20H28N6O. The van der Waals surface area contributed by atoms with Crippen LogP contribution in [0.3, 0.4) is 0 Å². The summed E-state index contributed by atoms with van der Waals surface area (Å²) in [6.07, 6.45) is 5.97. The summed E-state index contributed by atoms with van der Waals surface area (Å²) in [6.45, 7) is 7.87. The molecule has 27 heavy (non-hydrogen) atoms. The molecule has 2 aromatic rings. The van der Waals surface area contributed by atoms with E-state index in [4.69, 9.17) is 9.97 Å². The summed E-state index contributed by atoms with van der Waals surface area (Å²) in [5.41, 5.74) is 2.92. The van der Waals surface area contributed by atoms with Gasteiger partial charge in [-0.25, -0.2) is 9.97 Å². The smallest absolute Gasteiger partial charge is 0.272 e. The van der Waals surface area contributed by atoms with Crippen molar-refractivity contribution in [2.45, 2.75) is 45.4 Å². The molecule has 0 N–H and O–H groups in total. The summed E-state index contributed by atoms with van der Waals surface area (Å²) in [7, 11) is 1.81. The number of likely N-dealkylation sites (tertiary alicyclic amines) is 1. The van der Waals surface area contributed by atoms with Crippen molar-refractivity contribution in [1.29, 1.82) is 0 Å². The Hall–Kier alpha value is -2.44. The Morgan fingerprint density at radius 1 is 1.07 bits per heavy atom. The van der Waals surface area contributed by atoms with Gasteiger partial charge in [-0.2, -0.15) is 5.10 Å². The first kappa shape index (κ1) is 17.9. The van der Waals surface area contributed by atoms with Crippen LogP contribution < -0.4 is 4.90 Å². The summed E-state index contributed by atoms with van der Waals surface area (Å²) in [5, 5.41) is 4.10. The van der Waals surface area contributed by atoms with Crippen LogP contribution in [0.2, 0.25) is 0 Å². The van der Waals surface area contributed by atoms with Crippen LogP contribution in [-0.4, -0.2) is 56.7 Å². The molecule has 2 saturated heterocycles. The fourth-order valence-corrected chi connectivity index (χ4v) is 4.14. The average molecular weight is 368 g/mol. The summed E-state index contributed by atoms with van der Waals surface area (Å²) >= 11 is 0. The van der Waals surface area contributed by atoms with E-state index in [9.17, 15) is 4.79 Å². The molecule has 0 atom stereocenters. The normalized spacial score (nSPS) is 18.3. The lowest BCUT2D eigenvalue weighted by molar-refractivity contribution is 0.0700. The zero-order valence-corrected chi connectivity index (χ0v) is 16.5. The fraction of sp³-hybridized carbons (Fsp3) is 0.600. The molecule has 7 heteroatoms. The van der Waals surface area contributed by atoms with Gasteiger partial charge < -0.3 is 9.80 Å². The third kappa shape index (κ3) is 3.42. The van der Waals surface area contributed by atoms with Crippen LogP contribution in [0.4, 0.5) is 5.82 Å². The van der Waals surface area contributed by atoms with E-state index >= 15 is 0 Å². The van der Waals surface area contributed by atoms with E-state index < -0.39 is 0 Å². The molecule has 7 nitrogen and oxygen atoms in total. The largest absolute Gasteiger partial charge is 0.356 e. The first-order chi connectivity index (χ1) is 13.0. The summed E-state index contributed by atoms with van der Waals surface area (Å²) in [5.74, 6) is 2.45. The van der Waals surface area contributed by atoms with E-state index in [1.54, 1.807) is 16.9 Å². The number of aryl methyl sites for hydroxylation is 2. The van der Waals surface area contributed by atoms with Gasteiger partial charge in [0.1, 0.15) is 17.3 Å². The van der Waals surface area contributed by atoms with Crippen LogP contribution in [0.25, 0.3) is 0 Å². The maximum atomic E-state index is 12.7. The van der Waals surface area contributed by atoms with E-state index in [1.165, 1.54) is 18.4 Å². The highest BCUT2D eigenvalue weighted by molar-refractivity contribution is 5.92. The molecule has 0 spiro atoms. The van der Waals surface area contributed by atoms with Gasteiger partial charge in [0.15, 0.2) is 0 Å². The van der Waals surface area contributed by atoms with Gasteiger partial charge in [-0.3, -0.25) is 9.48 Å². The van der Waals surface area contributed by atoms with Gasteiger partial charge >= 0.3 is 0 Å². The zero-order chi connectivity index (χ0) is 19.0. The Labute approximate surface area is 160 Å². The van der Waals surface area contributed by atoms with Crippen LogP contribution in [0.1, 0.15) is 59.2 Å². The first-order valence-electron chi connectivity index (χ1n) is 9.92. The molecule has 2 aliphatic rings. The predicted molar refractivity (Wildman–Crippen MR) is 104 cm³/mol. The molecule has 2 aromatic heterocycles. The lowest BCUT2D eigenvalue weighted by atomic mass is 9.95. The number of carbonyl (C=O) groups is 1. The standard InChI is InChI=1S/C20H28N6O/c1-14-15(2)22-18(23-19(14)25-10-4-5-11-25)16-7-12-26(13-8-16)20(27)17-6-9-21-24(17)3/h6,9,16H,4-5,7-8,10-13H2,1-3H3. The highest BCUT2D eigenvalue weighted by atomic mass is 16.2. The van der Waals surface area contributed by atoms with Crippen LogP contribution >= 0.6 is 0 Å². The van der Waals surface area contributed by atoms with Crippen molar-refractivity contribution in [2.75, 3.05) is 31.1 Å². The Kier molecular flexibility index (Phi) is 4.85. The van der Waals surface area contributed by atoms with Crippen molar-refractivity contribution in [3.8, 4) is 0 Å². The number of carbonyl (C=O) groups excluding carboxylic acids is 1. The number of hydrogen-bond donors (Lipinski definition) is 0. The predicted octanol–water partition coefficient (Wildman–Crippen LogP) is 2.45. The highest BCUT2D eigenvalue weighted by Gasteiger charge is 2.28. The van der Waals surface area contributed by atoms with Gasteiger partial charge in [0.05, 0.1) is 0 Å². The molecule has 1 amide bonds. The molecule has 4 rings (SSSR count). The SMILES string of the molecule is Cc1nc(C2CCN(C(=O)c3ccnn3C)CC2)nc(N2CCCC2)c1C. The van der Waals surface area contributed by atoms with E-state index in [0.29, 0.717) is 11.6 Å². The number of amides is 1. The van der Waals surface area contributed by atoms with Crippen molar-refractivity contribution >= 4 is 11.7 Å². The van der Waals surface area contributed by atoms with Crippen molar-refractivity contribution in [2.24, 2.45) is 7.05 Å². The average Bonchev–Trinajstić information content (AvgIpc) is 3.35. The summed E-state index contributed by atoms with van der Waals surface area (Å²) in [4.78, 5) is 26.8. The quantitative estimate of drug-likeness (QED) is 0.832. The van der Waals surface area contributed by atoms with Gasteiger partial charge in [0.25, 0.3) is 5.91 Å². The zero-order valence-electron chi connectivity index (χ0n) is 16.5. The number of hydrogen-bond acceptors (Lipinski definition) is 5. The Morgan fingerprint density at radius 3 is 2.41 bits per heavy atom. The van der Waals surface area contributed by atoms with Crippen molar-refractivity contribution < 1.29 is 4.79 Å². The van der Waals surface area contributed by atoms with Gasteiger partial charge in [0.2, 0.25) is 0 Å². The number of rotatable bonds is 3. The lowest BCUT2D eigenvalue weighted by Crippen LogP contribution is -2.39. The second-order valence-corrected chi connectivity index (χ2v) is 7.72. The molecule has 144 valence electrons. The Balaban J connectivity index is 1.48. The third-order valence-electron chi connectivity index (χ3n) is 5.97. The van der Waals surface area contributed by atoms with Crippen LogP contribution in [0, 0.1) is 13.8 Å². The van der Waals surface area contributed by atoms with E-state index in [-0.39, 0.29) is 5.91 Å². The van der Waals surface area contributed by atoms with Crippen molar-refractivity contribution in [3.05, 3.63) is 35.0 Å². The third-order valence-corrected chi connectivity index (χ3v) is 5.97. The lowest BCUT2D eigenvalue weighted by Gasteiger charge is -2.32. The van der Waals surface area contributed by atoms with Crippen molar-refractivity contribution in [1.82, 2.24) is 24.6 Å². The van der Waals surface area contributed by atoms with Gasteiger partial charge in [-0.1, -0.05) is 0 Å². The van der Waals surface area contributed by atoms with Crippen molar-refractivity contribution in [3.63, 3.8) is 0 Å². The molecule has 4 heterocycles. The van der Waals surface area contributed by atoms with Crippen LogP contribution in [0.15, 0.2) is 12.3 Å². The molecular weight excluding hydrogens is 340 g/mol. The van der Waals surface area contributed by atoms with Gasteiger partial charge in [0, 0.05) is 56.6 Å².